The Labute approximate surface area is 155 Å². The van der Waals surface area contributed by atoms with E-state index < -0.39 is 0 Å². The standard InChI is InChI=1S/C21H17N3OS/c1-14-4-6-23-20-3-2-16(9-19(14)20)21(25)24-11-15-8-18(12-22-10-15)17-5-7-26-13-17/h2-10,12-13H,11H2,1H3,(H,24,25). The molecule has 5 heteroatoms. The van der Waals surface area contributed by atoms with Gasteiger partial charge in [-0.3, -0.25) is 14.8 Å². The van der Waals surface area contributed by atoms with E-state index in [2.05, 4.69) is 32.8 Å². The van der Waals surface area contributed by atoms with E-state index in [4.69, 9.17) is 0 Å². The van der Waals surface area contributed by atoms with Gasteiger partial charge in [0.2, 0.25) is 0 Å². The minimum Gasteiger partial charge on any atom is -0.348 e. The van der Waals surface area contributed by atoms with Gasteiger partial charge >= 0.3 is 0 Å². The second kappa shape index (κ2) is 7.06. The average Bonchev–Trinajstić information content (AvgIpc) is 3.21. The molecule has 1 aromatic carbocycles. The van der Waals surface area contributed by atoms with Crippen molar-refractivity contribution in [3.63, 3.8) is 0 Å². The first-order chi connectivity index (χ1) is 12.7. The topological polar surface area (TPSA) is 54.9 Å². The lowest BCUT2D eigenvalue weighted by Gasteiger charge is -2.08. The SMILES string of the molecule is Cc1ccnc2ccc(C(=O)NCc3cncc(-c4ccsc4)c3)cc12. The number of carbonyl (C=O) groups is 1. The summed E-state index contributed by atoms with van der Waals surface area (Å²) in [6, 6.07) is 11.7. The van der Waals surface area contributed by atoms with Gasteiger partial charge in [-0.25, -0.2) is 0 Å². The maximum Gasteiger partial charge on any atom is 0.251 e. The molecule has 4 aromatic rings. The molecule has 1 N–H and O–H groups in total. The monoisotopic (exact) mass is 359 g/mol. The molecule has 0 saturated heterocycles. The summed E-state index contributed by atoms with van der Waals surface area (Å²) >= 11 is 1.66. The first-order valence-corrected chi connectivity index (χ1v) is 9.25. The Hall–Kier alpha value is -3.05. The van der Waals surface area contributed by atoms with Crippen molar-refractivity contribution in [2.75, 3.05) is 0 Å². The van der Waals surface area contributed by atoms with Crippen molar-refractivity contribution in [2.24, 2.45) is 0 Å². The second-order valence-corrected chi connectivity index (χ2v) is 6.92. The largest absolute Gasteiger partial charge is 0.348 e. The van der Waals surface area contributed by atoms with Crippen LogP contribution < -0.4 is 5.32 Å². The second-order valence-electron chi connectivity index (χ2n) is 6.14. The minimum absolute atomic E-state index is 0.101. The van der Waals surface area contributed by atoms with Crippen LogP contribution in [0.1, 0.15) is 21.5 Å². The van der Waals surface area contributed by atoms with Crippen LogP contribution in [0.2, 0.25) is 0 Å². The molecule has 3 heterocycles. The summed E-state index contributed by atoms with van der Waals surface area (Å²) in [5.74, 6) is -0.101. The van der Waals surface area contributed by atoms with Crippen molar-refractivity contribution in [1.82, 2.24) is 15.3 Å². The molecule has 128 valence electrons. The van der Waals surface area contributed by atoms with Gasteiger partial charge in [-0.1, -0.05) is 0 Å². The van der Waals surface area contributed by atoms with Gasteiger partial charge in [-0.15, -0.1) is 0 Å². The average molecular weight is 359 g/mol. The highest BCUT2D eigenvalue weighted by Crippen LogP contribution is 2.22. The molecule has 0 atom stereocenters. The summed E-state index contributed by atoms with van der Waals surface area (Å²) < 4.78 is 0. The van der Waals surface area contributed by atoms with Gasteiger partial charge in [-0.2, -0.15) is 11.3 Å². The predicted molar refractivity (Wildman–Crippen MR) is 105 cm³/mol. The lowest BCUT2D eigenvalue weighted by molar-refractivity contribution is 0.0951. The van der Waals surface area contributed by atoms with E-state index in [1.54, 1.807) is 23.7 Å². The van der Waals surface area contributed by atoms with E-state index in [1.807, 2.05) is 42.8 Å². The first-order valence-electron chi connectivity index (χ1n) is 8.31. The zero-order chi connectivity index (χ0) is 17.9. The molecule has 0 fully saturated rings. The van der Waals surface area contributed by atoms with Gasteiger partial charge < -0.3 is 5.32 Å². The minimum atomic E-state index is -0.101. The Kier molecular flexibility index (Phi) is 4.46. The van der Waals surface area contributed by atoms with Crippen LogP contribution in [0.15, 0.2) is 65.7 Å². The van der Waals surface area contributed by atoms with E-state index in [0.29, 0.717) is 12.1 Å². The highest BCUT2D eigenvalue weighted by atomic mass is 32.1. The fourth-order valence-corrected chi connectivity index (χ4v) is 3.55. The number of aryl methyl sites for hydroxylation is 1. The summed E-state index contributed by atoms with van der Waals surface area (Å²) in [5.41, 5.74) is 5.82. The molecule has 26 heavy (non-hydrogen) atoms. The Morgan fingerprint density at radius 2 is 2.04 bits per heavy atom. The van der Waals surface area contributed by atoms with Gasteiger partial charge in [0.1, 0.15) is 0 Å². The number of carbonyl (C=O) groups excluding carboxylic acids is 1. The number of pyridine rings is 2. The third kappa shape index (κ3) is 3.34. The summed E-state index contributed by atoms with van der Waals surface area (Å²) in [5, 5.41) is 8.11. The molecule has 0 unspecified atom stereocenters. The number of fused-ring (bicyclic) bond motifs is 1. The number of benzene rings is 1. The summed E-state index contributed by atoms with van der Waals surface area (Å²) in [6.45, 7) is 2.46. The highest BCUT2D eigenvalue weighted by molar-refractivity contribution is 7.08. The smallest absolute Gasteiger partial charge is 0.251 e. The van der Waals surface area contributed by atoms with Crippen LogP contribution in [0.3, 0.4) is 0 Å². The molecule has 0 spiro atoms. The first kappa shape index (κ1) is 16.4. The summed E-state index contributed by atoms with van der Waals surface area (Å²) in [6.07, 6.45) is 5.40. The maximum atomic E-state index is 12.5. The fourth-order valence-electron chi connectivity index (χ4n) is 2.88. The van der Waals surface area contributed by atoms with Gasteiger partial charge in [0.15, 0.2) is 0 Å². The van der Waals surface area contributed by atoms with Gasteiger partial charge in [0.05, 0.1) is 5.52 Å². The fraction of sp³-hybridized carbons (Fsp3) is 0.0952. The number of nitrogens with zero attached hydrogens (tertiary/aromatic N) is 2. The molecule has 0 aliphatic heterocycles. The third-order valence-corrected chi connectivity index (χ3v) is 5.01. The van der Waals surface area contributed by atoms with Crippen LogP contribution >= 0.6 is 11.3 Å². The number of amides is 1. The number of nitrogens with one attached hydrogen (secondary N) is 1. The van der Waals surface area contributed by atoms with Gasteiger partial charge in [0, 0.05) is 41.6 Å². The van der Waals surface area contributed by atoms with E-state index in [-0.39, 0.29) is 5.91 Å². The zero-order valence-electron chi connectivity index (χ0n) is 14.3. The van der Waals surface area contributed by atoms with E-state index >= 15 is 0 Å². The number of thiophene rings is 1. The molecule has 3 aromatic heterocycles. The summed E-state index contributed by atoms with van der Waals surface area (Å²) in [7, 11) is 0. The van der Waals surface area contributed by atoms with Crippen LogP contribution in [-0.4, -0.2) is 15.9 Å². The van der Waals surface area contributed by atoms with Crippen molar-refractivity contribution in [2.45, 2.75) is 13.5 Å². The predicted octanol–water partition coefficient (Wildman–Crippen LogP) is 4.60. The molecular formula is C21H17N3OS. The van der Waals surface area contributed by atoms with Gasteiger partial charge in [0.25, 0.3) is 5.91 Å². The normalized spacial score (nSPS) is 10.8. The molecule has 1 amide bonds. The summed E-state index contributed by atoms with van der Waals surface area (Å²) in [4.78, 5) is 21.2. The molecule has 0 aliphatic carbocycles. The lowest BCUT2D eigenvalue weighted by Crippen LogP contribution is -2.22. The van der Waals surface area contributed by atoms with Crippen LogP contribution in [-0.2, 0) is 6.54 Å². The Morgan fingerprint density at radius 3 is 2.88 bits per heavy atom. The molecule has 0 aliphatic rings. The number of hydrogen-bond acceptors (Lipinski definition) is 4. The van der Waals surface area contributed by atoms with E-state index in [0.717, 1.165) is 33.2 Å². The number of aromatic nitrogens is 2. The number of hydrogen-bond donors (Lipinski definition) is 1. The van der Waals surface area contributed by atoms with Crippen molar-refractivity contribution in [3.05, 3.63) is 82.4 Å². The van der Waals surface area contributed by atoms with Crippen molar-refractivity contribution < 1.29 is 4.79 Å². The quantitative estimate of drug-likeness (QED) is 0.579. The molecule has 4 rings (SSSR count). The third-order valence-electron chi connectivity index (χ3n) is 4.32. The molecule has 0 radical (unpaired) electrons. The highest BCUT2D eigenvalue weighted by Gasteiger charge is 2.08. The number of rotatable bonds is 4. The molecule has 0 bridgehead atoms. The van der Waals surface area contributed by atoms with Crippen LogP contribution in [0.25, 0.3) is 22.0 Å². The van der Waals surface area contributed by atoms with Crippen molar-refractivity contribution in [3.8, 4) is 11.1 Å². The Morgan fingerprint density at radius 1 is 1.12 bits per heavy atom. The van der Waals surface area contributed by atoms with E-state index in [1.165, 1.54) is 0 Å². The van der Waals surface area contributed by atoms with Crippen LogP contribution in [0, 0.1) is 6.92 Å². The van der Waals surface area contributed by atoms with E-state index in [9.17, 15) is 4.79 Å². The van der Waals surface area contributed by atoms with Crippen LogP contribution in [0.4, 0.5) is 0 Å². The molecular weight excluding hydrogens is 342 g/mol. The molecule has 4 nitrogen and oxygen atoms in total. The Balaban J connectivity index is 1.51. The van der Waals surface area contributed by atoms with Crippen LogP contribution in [0.5, 0.6) is 0 Å². The maximum absolute atomic E-state index is 12.5. The molecule has 0 saturated carbocycles. The Bertz CT molecular complexity index is 1070. The van der Waals surface area contributed by atoms with Gasteiger partial charge in [-0.05, 0) is 70.8 Å². The zero-order valence-corrected chi connectivity index (χ0v) is 15.1. The lowest BCUT2D eigenvalue weighted by atomic mass is 10.1. The van der Waals surface area contributed by atoms with Crippen molar-refractivity contribution >= 4 is 28.1 Å². The van der Waals surface area contributed by atoms with Crippen molar-refractivity contribution in [1.29, 1.82) is 0 Å².